The molecule has 2 unspecified atom stereocenters. The zero-order valence-corrected chi connectivity index (χ0v) is 8.86. The zero-order valence-electron chi connectivity index (χ0n) is 8.86. The minimum absolute atomic E-state index is 0.0135. The maximum absolute atomic E-state index is 10.6. The predicted molar refractivity (Wildman–Crippen MR) is 55.5 cm³/mol. The van der Waals surface area contributed by atoms with Crippen molar-refractivity contribution < 1.29 is 9.90 Å². The third-order valence-electron chi connectivity index (χ3n) is 1.97. The first-order valence-electron chi connectivity index (χ1n) is 4.86. The molecule has 0 saturated heterocycles. The Hall–Kier alpha value is -0.650. The summed E-state index contributed by atoms with van der Waals surface area (Å²) < 4.78 is 0. The summed E-state index contributed by atoms with van der Waals surface area (Å²) >= 11 is 0. The monoisotopic (exact) mass is 203 g/mol. The van der Waals surface area contributed by atoms with Crippen molar-refractivity contribution in [2.24, 2.45) is 17.4 Å². The summed E-state index contributed by atoms with van der Waals surface area (Å²) in [6.07, 6.45) is 0.849. The number of aliphatic hydroxyl groups is 1. The van der Waals surface area contributed by atoms with E-state index in [4.69, 9.17) is 16.6 Å². The lowest BCUT2D eigenvalue weighted by Crippen LogP contribution is -2.48. The van der Waals surface area contributed by atoms with Gasteiger partial charge in [-0.05, 0) is 12.3 Å². The maximum atomic E-state index is 10.6. The van der Waals surface area contributed by atoms with E-state index < -0.39 is 11.9 Å². The van der Waals surface area contributed by atoms with Gasteiger partial charge in [0.2, 0.25) is 5.91 Å². The van der Waals surface area contributed by atoms with Crippen molar-refractivity contribution in [1.82, 2.24) is 5.32 Å². The fourth-order valence-electron chi connectivity index (χ4n) is 1.19. The molecule has 5 heteroatoms. The molecular formula is C9H21N3O2. The quantitative estimate of drug-likeness (QED) is 0.417. The number of hydrogen-bond acceptors (Lipinski definition) is 4. The molecule has 0 heterocycles. The Bertz CT molecular complexity index is 173. The Morgan fingerprint density at radius 2 is 2.07 bits per heavy atom. The van der Waals surface area contributed by atoms with Gasteiger partial charge >= 0.3 is 0 Å². The molecule has 14 heavy (non-hydrogen) atoms. The highest BCUT2D eigenvalue weighted by Gasteiger charge is 2.13. The van der Waals surface area contributed by atoms with Gasteiger partial charge < -0.3 is 21.9 Å². The van der Waals surface area contributed by atoms with Crippen LogP contribution in [0.25, 0.3) is 0 Å². The summed E-state index contributed by atoms with van der Waals surface area (Å²) in [5, 5.41) is 12.0. The highest BCUT2D eigenvalue weighted by molar-refractivity contribution is 5.79. The predicted octanol–water partition coefficient (Wildman–Crippen LogP) is -1.20. The van der Waals surface area contributed by atoms with Gasteiger partial charge in [0.05, 0.1) is 12.6 Å². The third-order valence-corrected chi connectivity index (χ3v) is 1.97. The number of nitrogens with two attached hydrogens (primary N) is 2. The van der Waals surface area contributed by atoms with Gasteiger partial charge in [-0.15, -0.1) is 0 Å². The van der Waals surface area contributed by atoms with Crippen LogP contribution in [0.15, 0.2) is 0 Å². The first-order valence-corrected chi connectivity index (χ1v) is 4.86. The second kappa shape index (κ2) is 6.75. The van der Waals surface area contributed by atoms with Crippen LogP contribution in [0.1, 0.15) is 20.3 Å². The molecule has 0 aliphatic rings. The highest BCUT2D eigenvalue weighted by atomic mass is 16.3. The first-order chi connectivity index (χ1) is 6.47. The fraction of sp³-hybridized carbons (Fsp3) is 0.889. The Labute approximate surface area is 84.8 Å². The standard InChI is InChI=1S/C9H21N3O2/c1-6(2)3-7(5-13)12-4-8(10)9(11)14/h6-8,12-13H,3-5,10H2,1-2H3,(H2,11,14). The number of carbonyl (C=O) groups excluding carboxylic acids is 1. The maximum Gasteiger partial charge on any atom is 0.235 e. The summed E-state index contributed by atoms with van der Waals surface area (Å²) in [7, 11) is 0. The summed E-state index contributed by atoms with van der Waals surface area (Å²) in [5.74, 6) is -0.0387. The Balaban J connectivity index is 3.77. The van der Waals surface area contributed by atoms with Crippen LogP contribution in [0.4, 0.5) is 0 Å². The SMILES string of the molecule is CC(C)CC(CO)NCC(N)C(N)=O. The molecule has 6 N–H and O–H groups in total. The minimum atomic E-state index is -0.684. The first kappa shape index (κ1) is 13.4. The Kier molecular flexibility index (Phi) is 6.44. The van der Waals surface area contributed by atoms with Gasteiger partial charge in [0.15, 0.2) is 0 Å². The van der Waals surface area contributed by atoms with Crippen LogP contribution >= 0.6 is 0 Å². The molecule has 0 aromatic rings. The molecule has 0 bridgehead atoms. The summed E-state index contributed by atoms with van der Waals surface area (Å²) in [5.41, 5.74) is 10.4. The van der Waals surface area contributed by atoms with Crippen molar-refractivity contribution in [2.45, 2.75) is 32.4 Å². The van der Waals surface area contributed by atoms with Gasteiger partial charge in [0, 0.05) is 12.6 Å². The van der Waals surface area contributed by atoms with E-state index in [2.05, 4.69) is 19.2 Å². The molecule has 0 rings (SSSR count). The van der Waals surface area contributed by atoms with Crippen molar-refractivity contribution in [3.8, 4) is 0 Å². The fourth-order valence-corrected chi connectivity index (χ4v) is 1.19. The van der Waals surface area contributed by atoms with E-state index in [9.17, 15) is 4.79 Å². The molecule has 0 aliphatic heterocycles. The van der Waals surface area contributed by atoms with Crippen LogP contribution in [0.3, 0.4) is 0 Å². The lowest BCUT2D eigenvalue weighted by atomic mass is 10.0. The number of rotatable bonds is 7. The second-order valence-electron chi connectivity index (χ2n) is 3.93. The largest absolute Gasteiger partial charge is 0.395 e. The highest BCUT2D eigenvalue weighted by Crippen LogP contribution is 2.03. The molecular weight excluding hydrogens is 182 g/mol. The van der Waals surface area contributed by atoms with E-state index in [1.54, 1.807) is 0 Å². The lowest BCUT2D eigenvalue weighted by Gasteiger charge is -2.19. The van der Waals surface area contributed by atoms with E-state index in [0.29, 0.717) is 12.5 Å². The molecule has 1 amide bonds. The molecule has 0 saturated carbocycles. The van der Waals surface area contributed by atoms with Crippen LogP contribution in [0.2, 0.25) is 0 Å². The van der Waals surface area contributed by atoms with Crippen molar-refractivity contribution in [3.63, 3.8) is 0 Å². The smallest absolute Gasteiger partial charge is 0.235 e. The van der Waals surface area contributed by atoms with E-state index in [-0.39, 0.29) is 12.6 Å². The van der Waals surface area contributed by atoms with Crippen LogP contribution in [0, 0.1) is 5.92 Å². The number of amides is 1. The average molecular weight is 203 g/mol. The van der Waals surface area contributed by atoms with Gasteiger partial charge in [-0.3, -0.25) is 4.79 Å². The van der Waals surface area contributed by atoms with Crippen molar-refractivity contribution >= 4 is 5.91 Å². The van der Waals surface area contributed by atoms with Gasteiger partial charge in [-0.25, -0.2) is 0 Å². The molecule has 2 atom stereocenters. The normalized spacial score (nSPS) is 15.5. The van der Waals surface area contributed by atoms with Crippen molar-refractivity contribution in [3.05, 3.63) is 0 Å². The van der Waals surface area contributed by atoms with Gasteiger partial charge in [0.1, 0.15) is 0 Å². The zero-order chi connectivity index (χ0) is 11.1. The molecule has 0 radical (unpaired) electrons. The molecule has 0 aromatic heterocycles. The average Bonchev–Trinajstić information content (AvgIpc) is 2.10. The molecule has 84 valence electrons. The van der Waals surface area contributed by atoms with E-state index in [1.807, 2.05) is 0 Å². The number of nitrogens with one attached hydrogen (secondary N) is 1. The topological polar surface area (TPSA) is 101 Å². The van der Waals surface area contributed by atoms with Crippen LogP contribution in [-0.4, -0.2) is 36.2 Å². The van der Waals surface area contributed by atoms with Crippen LogP contribution in [0.5, 0.6) is 0 Å². The Morgan fingerprint density at radius 1 is 1.50 bits per heavy atom. The van der Waals surface area contributed by atoms with Gasteiger partial charge in [0.25, 0.3) is 0 Å². The Morgan fingerprint density at radius 3 is 2.43 bits per heavy atom. The van der Waals surface area contributed by atoms with E-state index >= 15 is 0 Å². The molecule has 0 spiro atoms. The van der Waals surface area contributed by atoms with Crippen molar-refractivity contribution in [2.75, 3.05) is 13.2 Å². The number of primary amides is 1. The number of aliphatic hydroxyl groups excluding tert-OH is 1. The summed E-state index contributed by atoms with van der Waals surface area (Å²) in [6, 6.07) is -0.698. The summed E-state index contributed by atoms with van der Waals surface area (Å²) in [4.78, 5) is 10.6. The van der Waals surface area contributed by atoms with E-state index in [0.717, 1.165) is 6.42 Å². The molecule has 5 nitrogen and oxygen atoms in total. The second-order valence-corrected chi connectivity index (χ2v) is 3.93. The molecule has 0 fully saturated rings. The molecule has 0 aliphatic carbocycles. The summed E-state index contributed by atoms with van der Waals surface area (Å²) in [6.45, 7) is 4.49. The van der Waals surface area contributed by atoms with Crippen LogP contribution in [-0.2, 0) is 4.79 Å². The number of carbonyl (C=O) groups is 1. The van der Waals surface area contributed by atoms with Gasteiger partial charge in [-0.1, -0.05) is 13.8 Å². The van der Waals surface area contributed by atoms with Gasteiger partial charge in [-0.2, -0.15) is 0 Å². The van der Waals surface area contributed by atoms with Crippen LogP contribution < -0.4 is 16.8 Å². The minimum Gasteiger partial charge on any atom is -0.395 e. The van der Waals surface area contributed by atoms with E-state index in [1.165, 1.54) is 0 Å². The van der Waals surface area contributed by atoms with Crippen molar-refractivity contribution in [1.29, 1.82) is 0 Å². The lowest BCUT2D eigenvalue weighted by molar-refractivity contribution is -0.119. The molecule has 0 aromatic carbocycles. The number of hydrogen-bond donors (Lipinski definition) is 4. The third kappa shape index (κ3) is 5.90.